The molecule has 2 N–H and O–H groups in total. The first kappa shape index (κ1) is 16.5. The fraction of sp³-hybridized carbons (Fsp3) is 0.167. The highest BCUT2D eigenvalue weighted by molar-refractivity contribution is 6.07. The topological polar surface area (TPSA) is 93.3 Å². The lowest BCUT2D eigenvalue weighted by atomic mass is 10.2. The number of benzene rings is 2. The van der Waals surface area contributed by atoms with Crippen LogP contribution in [0.4, 0.5) is 5.69 Å². The summed E-state index contributed by atoms with van der Waals surface area (Å²) in [4.78, 5) is 31.6. The van der Waals surface area contributed by atoms with Crippen molar-refractivity contribution in [2.24, 2.45) is 0 Å². The molecule has 3 rings (SSSR count). The van der Waals surface area contributed by atoms with Crippen LogP contribution in [0.3, 0.4) is 0 Å². The number of anilines is 1. The number of rotatable bonds is 4. The van der Waals surface area contributed by atoms with Gasteiger partial charge in [0.2, 0.25) is 0 Å². The molecule has 3 aromatic rings. The third-order valence-corrected chi connectivity index (χ3v) is 3.79. The minimum atomic E-state index is -0.527. The molecule has 0 unspecified atom stereocenters. The van der Waals surface area contributed by atoms with E-state index in [1.54, 1.807) is 37.4 Å². The summed E-state index contributed by atoms with van der Waals surface area (Å²) in [7, 11) is 2.87. The Kier molecular flexibility index (Phi) is 4.38. The maximum atomic E-state index is 12.5. The summed E-state index contributed by atoms with van der Waals surface area (Å²) in [6, 6.07) is 10.2. The van der Waals surface area contributed by atoms with Crippen LogP contribution in [0.2, 0.25) is 0 Å². The molecule has 0 radical (unpaired) electrons. The van der Waals surface area contributed by atoms with Crippen molar-refractivity contribution in [1.82, 2.24) is 9.97 Å². The van der Waals surface area contributed by atoms with Gasteiger partial charge in [0.05, 0.1) is 36.5 Å². The molecule has 128 valence electrons. The molecule has 0 aliphatic heterocycles. The van der Waals surface area contributed by atoms with E-state index in [1.165, 1.54) is 7.11 Å². The van der Waals surface area contributed by atoms with Crippen LogP contribution in [0, 0.1) is 6.92 Å². The molecular formula is C18H17N3O4. The van der Waals surface area contributed by atoms with Crippen LogP contribution in [-0.4, -0.2) is 36.1 Å². The van der Waals surface area contributed by atoms with Gasteiger partial charge in [0.1, 0.15) is 5.75 Å². The van der Waals surface area contributed by atoms with E-state index in [0.29, 0.717) is 17.0 Å². The first-order valence-electron chi connectivity index (χ1n) is 7.56. The molecule has 0 aliphatic carbocycles. The molecule has 1 amide bonds. The largest absolute Gasteiger partial charge is 0.496 e. The van der Waals surface area contributed by atoms with Gasteiger partial charge in [-0.1, -0.05) is 12.1 Å². The number of H-pyrrole nitrogens is 1. The number of nitrogens with zero attached hydrogens (tertiary/aromatic N) is 1. The number of carbonyl (C=O) groups excluding carboxylic acids is 2. The maximum Gasteiger partial charge on any atom is 0.339 e. The third-order valence-electron chi connectivity index (χ3n) is 3.79. The second kappa shape index (κ2) is 6.64. The van der Waals surface area contributed by atoms with Crippen LogP contribution < -0.4 is 10.1 Å². The molecule has 2 aromatic carbocycles. The second-order valence-electron chi connectivity index (χ2n) is 5.42. The summed E-state index contributed by atoms with van der Waals surface area (Å²) in [5.41, 5.74) is 2.90. The Morgan fingerprint density at radius 3 is 2.64 bits per heavy atom. The number of nitrogens with one attached hydrogen (secondary N) is 2. The molecule has 25 heavy (non-hydrogen) atoms. The van der Waals surface area contributed by atoms with Crippen molar-refractivity contribution in [1.29, 1.82) is 0 Å². The van der Waals surface area contributed by atoms with Crippen molar-refractivity contribution in [3.05, 3.63) is 53.3 Å². The Labute approximate surface area is 144 Å². The Morgan fingerprint density at radius 2 is 1.92 bits per heavy atom. The van der Waals surface area contributed by atoms with E-state index in [-0.39, 0.29) is 11.4 Å². The maximum absolute atomic E-state index is 12.5. The van der Waals surface area contributed by atoms with Crippen LogP contribution in [-0.2, 0) is 4.74 Å². The number of hydrogen-bond donors (Lipinski definition) is 2. The highest BCUT2D eigenvalue weighted by Gasteiger charge is 2.17. The van der Waals surface area contributed by atoms with Gasteiger partial charge in [0, 0.05) is 6.07 Å². The fourth-order valence-electron chi connectivity index (χ4n) is 2.53. The van der Waals surface area contributed by atoms with Gasteiger partial charge in [-0.05, 0) is 30.7 Å². The minimum absolute atomic E-state index is 0.141. The molecule has 7 heteroatoms. The Morgan fingerprint density at radius 1 is 1.16 bits per heavy atom. The SMILES string of the molecule is COC(=O)c1ccccc1NC(=O)c1nc2cc(OC)c(C)cc2[nH]1. The molecule has 0 aliphatic rings. The average molecular weight is 339 g/mol. The number of esters is 1. The van der Waals surface area contributed by atoms with E-state index in [0.717, 1.165) is 11.1 Å². The van der Waals surface area contributed by atoms with Gasteiger partial charge in [0.15, 0.2) is 5.82 Å². The number of para-hydroxylation sites is 1. The van der Waals surface area contributed by atoms with Gasteiger partial charge in [-0.25, -0.2) is 9.78 Å². The molecule has 0 saturated heterocycles. The van der Waals surface area contributed by atoms with Crippen molar-refractivity contribution in [2.45, 2.75) is 6.92 Å². The Balaban J connectivity index is 1.92. The molecule has 0 saturated carbocycles. The monoisotopic (exact) mass is 339 g/mol. The first-order valence-corrected chi connectivity index (χ1v) is 7.56. The number of imidazole rings is 1. The van der Waals surface area contributed by atoms with Gasteiger partial charge < -0.3 is 19.8 Å². The zero-order valence-corrected chi connectivity index (χ0v) is 14.0. The molecule has 0 atom stereocenters. The van der Waals surface area contributed by atoms with Crippen LogP contribution in [0.15, 0.2) is 36.4 Å². The number of aryl methyl sites for hydroxylation is 1. The van der Waals surface area contributed by atoms with Gasteiger partial charge in [-0.2, -0.15) is 0 Å². The summed E-state index contributed by atoms with van der Waals surface area (Å²) in [5, 5.41) is 2.68. The Bertz CT molecular complexity index is 962. The number of carbonyl (C=O) groups is 2. The second-order valence-corrected chi connectivity index (χ2v) is 5.42. The van der Waals surface area contributed by atoms with Crippen LogP contribution in [0.1, 0.15) is 26.5 Å². The number of ether oxygens (including phenoxy) is 2. The lowest BCUT2D eigenvalue weighted by molar-refractivity contribution is 0.0602. The van der Waals surface area contributed by atoms with Gasteiger partial charge in [0.25, 0.3) is 5.91 Å². The van der Waals surface area contributed by atoms with E-state index in [4.69, 9.17) is 9.47 Å². The van der Waals surface area contributed by atoms with Crippen LogP contribution in [0.5, 0.6) is 5.75 Å². The van der Waals surface area contributed by atoms with Gasteiger partial charge in [-0.3, -0.25) is 4.79 Å². The van der Waals surface area contributed by atoms with Crippen molar-refractivity contribution >= 4 is 28.6 Å². The standard InChI is InChI=1S/C18H17N3O4/c1-10-8-13-14(9-15(10)24-2)20-16(19-13)17(22)21-12-7-5-4-6-11(12)18(23)25-3/h4-9H,1-3H3,(H,19,20)(H,21,22). The molecule has 1 aromatic heterocycles. The average Bonchev–Trinajstić information content (AvgIpc) is 3.03. The Hall–Kier alpha value is -3.35. The quantitative estimate of drug-likeness (QED) is 0.713. The van der Waals surface area contributed by atoms with Crippen molar-refractivity contribution < 1.29 is 19.1 Å². The lowest BCUT2D eigenvalue weighted by Gasteiger charge is -2.08. The predicted molar refractivity (Wildman–Crippen MR) is 93.1 cm³/mol. The fourth-order valence-corrected chi connectivity index (χ4v) is 2.53. The van der Waals surface area contributed by atoms with E-state index in [9.17, 15) is 9.59 Å². The van der Waals surface area contributed by atoms with E-state index in [1.807, 2.05) is 13.0 Å². The summed E-state index contributed by atoms with van der Waals surface area (Å²) in [5.74, 6) is -0.144. The van der Waals surface area contributed by atoms with E-state index >= 15 is 0 Å². The molecule has 0 spiro atoms. The third kappa shape index (κ3) is 3.16. The number of amides is 1. The number of aromatic nitrogens is 2. The molecule has 7 nitrogen and oxygen atoms in total. The van der Waals surface area contributed by atoms with Crippen molar-refractivity contribution in [3.8, 4) is 5.75 Å². The summed E-state index contributed by atoms with van der Waals surface area (Å²) < 4.78 is 9.99. The van der Waals surface area contributed by atoms with Crippen LogP contribution in [0.25, 0.3) is 11.0 Å². The van der Waals surface area contributed by atoms with Crippen molar-refractivity contribution in [3.63, 3.8) is 0 Å². The normalized spacial score (nSPS) is 10.5. The lowest BCUT2D eigenvalue weighted by Crippen LogP contribution is -2.16. The summed E-state index contributed by atoms with van der Waals surface area (Å²) in [6.07, 6.45) is 0. The zero-order chi connectivity index (χ0) is 18.0. The van der Waals surface area contributed by atoms with E-state index in [2.05, 4.69) is 15.3 Å². The summed E-state index contributed by atoms with van der Waals surface area (Å²) >= 11 is 0. The minimum Gasteiger partial charge on any atom is -0.496 e. The van der Waals surface area contributed by atoms with Gasteiger partial charge in [-0.15, -0.1) is 0 Å². The molecular weight excluding hydrogens is 322 g/mol. The predicted octanol–water partition coefficient (Wildman–Crippen LogP) is 2.92. The highest BCUT2D eigenvalue weighted by atomic mass is 16.5. The zero-order valence-electron chi connectivity index (χ0n) is 14.0. The summed E-state index contributed by atoms with van der Waals surface area (Å²) in [6.45, 7) is 1.91. The smallest absolute Gasteiger partial charge is 0.339 e. The number of methoxy groups -OCH3 is 2. The number of fused-ring (bicyclic) bond motifs is 1. The van der Waals surface area contributed by atoms with Crippen molar-refractivity contribution in [2.75, 3.05) is 19.5 Å². The van der Waals surface area contributed by atoms with E-state index < -0.39 is 11.9 Å². The first-order chi connectivity index (χ1) is 12.0. The van der Waals surface area contributed by atoms with Gasteiger partial charge >= 0.3 is 5.97 Å². The number of aromatic amines is 1. The molecule has 1 heterocycles. The van der Waals surface area contributed by atoms with Crippen LogP contribution >= 0.6 is 0 Å². The molecule has 0 bridgehead atoms. The highest BCUT2D eigenvalue weighted by Crippen LogP contribution is 2.24. The molecule has 0 fully saturated rings. The number of hydrogen-bond acceptors (Lipinski definition) is 5.